The van der Waals surface area contributed by atoms with Crippen LogP contribution in [0.4, 0.5) is 0 Å². The van der Waals surface area contributed by atoms with Crippen molar-refractivity contribution in [3.05, 3.63) is 107 Å². The van der Waals surface area contributed by atoms with E-state index in [9.17, 15) is 9.59 Å². The Morgan fingerprint density at radius 3 is 1.47 bits per heavy atom. The molecule has 6 heteroatoms. The first-order valence-electron chi connectivity index (χ1n) is 11.9. The molecule has 1 heterocycles. The van der Waals surface area contributed by atoms with Crippen LogP contribution in [0.15, 0.2) is 84.9 Å². The summed E-state index contributed by atoms with van der Waals surface area (Å²) in [6, 6.07) is 27.5. The molecule has 0 saturated heterocycles. The Labute approximate surface area is 201 Å². The highest BCUT2D eigenvalue weighted by Crippen LogP contribution is 2.10. The summed E-state index contributed by atoms with van der Waals surface area (Å²) in [7, 11) is 0. The van der Waals surface area contributed by atoms with Gasteiger partial charge in [-0.1, -0.05) is 84.9 Å². The zero-order valence-corrected chi connectivity index (χ0v) is 19.3. The molecule has 0 radical (unpaired) electrons. The summed E-state index contributed by atoms with van der Waals surface area (Å²) >= 11 is 0. The van der Waals surface area contributed by atoms with Crippen LogP contribution in [0.3, 0.4) is 0 Å². The van der Waals surface area contributed by atoms with Crippen LogP contribution in [0.25, 0.3) is 0 Å². The molecule has 2 amide bonds. The van der Waals surface area contributed by atoms with Gasteiger partial charge in [0.2, 0.25) is 11.8 Å². The van der Waals surface area contributed by atoms with Crippen LogP contribution in [-0.4, -0.2) is 37.0 Å². The number of benzene rings is 3. The minimum Gasteiger partial charge on any atom is -0.353 e. The molecule has 1 unspecified atom stereocenters. The molecule has 3 aromatic rings. The summed E-state index contributed by atoms with van der Waals surface area (Å²) in [5.41, 5.74) is 4.40. The van der Waals surface area contributed by atoms with Crippen LogP contribution in [0.1, 0.15) is 22.3 Å². The Morgan fingerprint density at radius 2 is 1.03 bits per heavy atom. The van der Waals surface area contributed by atoms with E-state index in [1.54, 1.807) is 0 Å². The van der Waals surface area contributed by atoms with Crippen molar-refractivity contribution in [3.63, 3.8) is 0 Å². The van der Waals surface area contributed by atoms with Crippen molar-refractivity contribution in [3.8, 4) is 0 Å². The lowest BCUT2D eigenvalue weighted by Crippen LogP contribution is -2.49. The summed E-state index contributed by atoms with van der Waals surface area (Å²) in [4.78, 5) is 25.9. The Kier molecular flexibility index (Phi) is 8.43. The molecule has 176 valence electrons. The quantitative estimate of drug-likeness (QED) is 0.486. The SMILES string of the molecule is O=C1NCCNC(=O)[C@H](Cc2ccccc2)NCc2cccc(c2)CNC1Cc1ccccc1. The van der Waals surface area contributed by atoms with E-state index in [0.29, 0.717) is 39.0 Å². The van der Waals surface area contributed by atoms with Crippen molar-refractivity contribution in [1.29, 1.82) is 0 Å². The Morgan fingerprint density at radius 1 is 0.588 bits per heavy atom. The van der Waals surface area contributed by atoms with Crippen molar-refractivity contribution in [2.75, 3.05) is 13.1 Å². The van der Waals surface area contributed by atoms with Crippen molar-refractivity contribution in [2.24, 2.45) is 0 Å². The van der Waals surface area contributed by atoms with Gasteiger partial charge in [-0.15, -0.1) is 0 Å². The number of fused-ring (bicyclic) bond motifs is 2. The first kappa shape index (κ1) is 23.7. The predicted octanol–water partition coefficient (Wildman–Crippen LogP) is 2.33. The molecule has 4 rings (SSSR count). The lowest BCUT2D eigenvalue weighted by atomic mass is 10.0. The smallest absolute Gasteiger partial charge is 0.237 e. The third-order valence-corrected chi connectivity index (χ3v) is 6.02. The number of carbonyl (C=O) groups is 2. The number of amides is 2. The van der Waals surface area contributed by atoms with E-state index < -0.39 is 0 Å². The lowest BCUT2D eigenvalue weighted by molar-refractivity contribution is -0.125. The number of hydrogen-bond donors (Lipinski definition) is 4. The molecular weight excluding hydrogens is 424 g/mol. The van der Waals surface area contributed by atoms with E-state index in [1.165, 1.54) is 0 Å². The summed E-state index contributed by atoms with van der Waals surface area (Å²) in [5.74, 6) is -0.133. The van der Waals surface area contributed by atoms with Crippen molar-refractivity contribution < 1.29 is 9.59 Å². The van der Waals surface area contributed by atoms with Crippen LogP contribution in [-0.2, 0) is 35.5 Å². The number of hydrogen-bond acceptors (Lipinski definition) is 4. The Balaban J connectivity index is 1.49. The topological polar surface area (TPSA) is 82.3 Å². The zero-order valence-electron chi connectivity index (χ0n) is 19.3. The fourth-order valence-corrected chi connectivity index (χ4v) is 4.16. The van der Waals surface area contributed by atoms with Crippen LogP contribution < -0.4 is 21.3 Å². The maximum atomic E-state index is 13.0. The van der Waals surface area contributed by atoms with Gasteiger partial charge < -0.3 is 21.3 Å². The Bertz CT molecular complexity index is 989. The number of carbonyl (C=O) groups excluding carboxylic acids is 2. The standard InChI is InChI=1S/C28H32N4O2/c33-27-25(17-21-8-3-1-4-9-21)31-19-23-12-7-13-24(16-23)20-32-26(28(34)30-15-14-29-27)18-22-10-5-2-6-11-22/h1-13,16,25-26,31-32H,14-15,17-20H2,(H,29,33)(H,30,34)/t25-,26?/m0/s1. The van der Waals surface area contributed by atoms with Gasteiger partial charge in [-0.05, 0) is 35.1 Å². The van der Waals surface area contributed by atoms with E-state index in [4.69, 9.17) is 0 Å². The molecule has 0 fully saturated rings. The summed E-state index contributed by atoms with van der Waals surface area (Å²) in [6.45, 7) is 1.93. The van der Waals surface area contributed by atoms with Crippen LogP contribution in [0.5, 0.6) is 0 Å². The summed E-state index contributed by atoms with van der Waals surface area (Å²) < 4.78 is 0. The molecule has 0 saturated carbocycles. The second-order valence-electron chi connectivity index (χ2n) is 8.65. The van der Waals surface area contributed by atoms with Gasteiger partial charge in [-0.25, -0.2) is 0 Å². The third-order valence-electron chi connectivity index (χ3n) is 6.02. The number of rotatable bonds is 4. The van der Waals surface area contributed by atoms with E-state index in [0.717, 1.165) is 22.3 Å². The molecule has 4 N–H and O–H groups in total. The number of nitrogens with one attached hydrogen (secondary N) is 4. The average molecular weight is 457 g/mol. The van der Waals surface area contributed by atoms with E-state index in [-0.39, 0.29) is 23.9 Å². The van der Waals surface area contributed by atoms with Crippen molar-refractivity contribution >= 4 is 11.8 Å². The maximum Gasteiger partial charge on any atom is 0.237 e. The molecule has 0 spiro atoms. The molecular formula is C28H32N4O2. The molecule has 0 aromatic heterocycles. The monoisotopic (exact) mass is 456 g/mol. The molecule has 2 atom stereocenters. The summed E-state index contributed by atoms with van der Waals surface area (Å²) in [5, 5.41) is 12.8. The molecule has 3 aromatic carbocycles. The molecule has 0 aliphatic carbocycles. The van der Waals surface area contributed by atoms with Crippen LogP contribution in [0, 0.1) is 0 Å². The Hall–Kier alpha value is -3.48. The van der Waals surface area contributed by atoms with Gasteiger partial charge in [0.05, 0.1) is 12.1 Å². The largest absolute Gasteiger partial charge is 0.353 e. The molecule has 34 heavy (non-hydrogen) atoms. The first-order valence-corrected chi connectivity index (χ1v) is 11.9. The summed E-state index contributed by atoms with van der Waals surface area (Å²) in [6.07, 6.45) is 1.19. The van der Waals surface area contributed by atoms with E-state index in [1.807, 2.05) is 66.7 Å². The second kappa shape index (κ2) is 12.1. The van der Waals surface area contributed by atoms with Gasteiger partial charge in [0.25, 0.3) is 0 Å². The maximum absolute atomic E-state index is 13.0. The van der Waals surface area contributed by atoms with E-state index >= 15 is 0 Å². The third kappa shape index (κ3) is 7.01. The second-order valence-corrected chi connectivity index (χ2v) is 8.65. The predicted molar refractivity (Wildman–Crippen MR) is 134 cm³/mol. The fraction of sp³-hybridized carbons (Fsp3) is 0.286. The van der Waals surface area contributed by atoms with Crippen molar-refractivity contribution in [1.82, 2.24) is 21.3 Å². The fourth-order valence-electron chi connectivity index (χ4n) is 4.16. The molecule has 2 bridgehead atoms. The highest BCUT2D eigenvalue weighted by molar-refractivity contribution is 5.83. The van der Waals surface area contributed by atoms with Gasteiger partial charge in [-0.3, -0.25) is 9.59 Å². The van der Waals surface area contributed by atoms with E-state index in [2.05, 4.69) is 39.5 Å². The molecule has 1 aliphatic heterocycles. The van der Waals surface area contributed by atoms with Crippen LogP contribution in [0.2, 0.25) is 0 Å². The van der Waals surface area contributed by atoms with Gasteiger partial charge in [0, 0.05) is 26.2 Å². The zero-order chi connectivity index (χ0) is 23.6. The average Bonchev–Trinajstić information content (AvgIpc) is 2.87. The molecule has 1 aliphatic rings. The highest BCUT2D eigenvalue weighted by atomic mass is 16.2. The highest BCUT2D eigenvalue weighted by Gasteiger charge is 2.21. The van der Waals surface area contributed by atoms with Crippen LogP contribution >= 0.6 is 0 Å². The normalized spacial score (nSPS) is 19.9. The minimum absolute atomic E-state index is 0.0666. The van der Waals surface area contributed by atoms with Crippen molar-refractivity contribution in [2.45, 2.75) is 38.0 Å². The van der Waals surface area contributed by atoms with Gasteiger partial charge >= 0.3 is 0 Å². The lowest BCUT2D eigenvalue weighted by Gasteiger charge is -2.19. The first-order chi connectivity index (χ1) is 16.7. The van der Waals surface area contributed by atoms with Gasteiger partial charge in [0.1, 0.15) is 0 Å². The molecule has 6 nitrogen and oxygen atoms in total. The van der Waals surface area contributed by atoms with Gasteiger partial charge in [0.15, 0.2) is 0 Å². The minimum atomic E-state index is -0.365. The van der Waals surface area contributed by atoms with Gasteiger partial charge in [-0.2, -0.15) is 0 Å².